The summed E-state index contributed by atoms with van der Waals surface area (Å²) >= 11 is 0. The Morgan fingerprint density at radius 3 is 2.41 bits per heavy atom. The molecule has 0 saturated heterocycles. The highest BCUT2D eigenvalue weighted by molar-refractivity contribution is 5.77. The van der Waals surface area contributed by atoms with Gasteiger partial charge in [0.15, 0.2) is 6.61 Å². The highest BCUT2D eigenvalue weighted by Gasteiger charge is 2.06. The number of hydrogen-bond donors (Lipinski definition) is 1. The van der Waals surface area contributed by atoms with Crippen molar-refractivity contribution >= 4 is 5.91 Å². The number of amides is 1. The first kappa shape index (κ1) is 13.5. The molecule has 0 aliphatic rings. The lowest BCUT2D eigenvalue weighted by Gasteiger charge is -2.13. The summed E-state index contributed by atoms with van der Waals surface area (Å²) in [7, 11) is 5.34. The predicted octanol–water partition coefficient (Wildman–Crippen LogP) is 1.43. The van der Waals surface area contributed by atoms with Crippen LogP contribution in [0.4, 0.5) is 0 Å². The first-order chi connectivity index (χ1) is 8.04. The molecule has 0 spiro atoms. The van der Waals surface area contributed by atoms with E-state index in [4.69, 9.17) is 4.74 Å². The Kier molecular flexibility index (Phi) is 4.97. The lowest BCUT2D eigenvalue weighted by atomic mass is 10.1. The van der Waals surface area contributed by atoms with E-state index in [9.17, 15) is 4.79 Å². The van der Waals surface area contributed by atoms with Gasteiger partial charge in [-0.1, -0.05) is 12.1 Å². The first-order valence-electron chi connectivity index (χ1n) is 5.64. The standard InChI is InChI=1S/C13H20N2O2/c1-10(14-2)11-5-7-12(8-6-11)17-9-13(16)15(3)4/h5-8,10,14H,9H2,1-4H3. The molecule has 0 aromatic heterocycles. The first-order valence-corrected chi connectivity index (χ1v) is 5.64. The number of hydrogen-bond acceptors (Lipinski definition) is 3. The average Bonchev–Trinajstić information content (AvgIpc) is 2.35. The maximum absolute atomic E-state index is 11.3. The third kappa shape index (κ3) is 4.07. The molecule has 1 unspecified atom stereocenters. The average molecular weight is 236 g/mol. The van der Waals surface area contributed by atoms with Crippen molar-refractivity contribution in [2.45, 2.75) is 13.0 Å². The summed E-state index contributed by atoms with van der Waals surface area (Å²) in [4.78, 5) is 12.8. The van der Waals surface area contributed by atoms with Crippen LogP contribution in [0.2, 0.25) is 0 Å². The highest BCUT2D eigenvalue weighted by atomic mass is 16.5. The Morgan fingerprint density at radius 1 is 1.35 bits per heavy atom. The van der Waals surface area contributed by atoms with Crippen molar-refractivity contribution < 1.29 is 9.53 Å². The molecule has 0 aliphatic heterocycles. The number of carbonyl (C=O) groups is 1. The van der Waals surface area contributed by atoms with Crippen molar-refractivity contribution in [1.29, 1.82) is 0 Å². The molecule has 1 rings (SSSR count). The minimum absolute atomic E-state index is 0.0438. The largest absolute Gasteiger partial charge is 0.484 e. The van der Waals surface area contributed by atoms with Gasteiger partial charge in [-0.2, -0.15) is 0 Å². The van der Waals surface area contributed by atoms with Crippen LogP contribution in [0.5, 0.6) is 5.75 Å². The maximum atomic E-state index is 11.3. The molecule has 1 amide bonds. The highest BCUT2D eigenvalue weighted by Crippen LogP contribution is 2.17. The Balaban J connectivity index is 2.54. The Hall–Kier alpha value is -1.55. The van der Waals surface area contributed by atoms with Crippen LogP contribution >= 0.6 is 0 Å². The molecule has 17 heavy (non-hydrogen) atoms. The van der Waals surface area contributed by atoms with E-state index in [2.05, 4.69) is 12.2 Å². The molecule has 94 valence electrons. The third-order valence-electron chi connectivity index (χ3n) is 2.67. The molecule has 0 heterocycles. The Labute approximate surface area is 103 Å². The van der Waals surface area contributed by atoms with Gasteiger partial charge in [-0.3, -0.25) is 4.79 Å². The molecule has 0 aliphatic carbocycles. The fraction of sp³-hybridized carbons (Fsp3) is 0.462. The van der Waals surface area contributed by atoms with Gasteiger partial charge in [0, 0.05) is 20.1 Å². The van der Waals surface area contributed by atoms with Crippen LogP contribution < -0.4 is 10.1 Å². The number of benzene rings is 1. The molecule has 1 atom stereocenters. The molecule has 1 aromatic carbocycles. The summed E-state index contributed by atoms with van der Waals surface area (Å²) in [5, 5.41) is 3.16. The minimum Gasteiger partial charge on any atom is -0.484 e. The monoisotopic (exact) mass is 236 g/mol. The fourth-order valence-corrected chi connectivity index (χ4v) is 1.29. The molecule has 1 N–H and O–H groups in total. The van der Waals surface area contributed by atoms with Crippen molar-refractivity contribution in [3.8, 4) is 5.75 Å². The molecule has 0 bridgehead atoms. The van der Waals surface area contributed by atoms with Gasteiger partial charge in [0.25, 0.3) is 5.91 Å². The van der Waals surface area contributed by atoms with E-state index in [1.54, 1.807) is 14.1 Å². The molecular weight excluding hydrogens is 216 g/mol. The molecule has 1 aromatic rings. The van der Waals surface area contributed by atoms with E-state index in [-0.39, 0.29) is 12.5 Å². The number of nitrogens with zero attached hydrogens (tertiary/aromatic N) is 1. The summed E-state index contributed by atoms with van der Waals surface area (Å²) in [5.74, 6) is 0.671. The zero-order valence-corrected chi connectivity index (χ0v) is 10.9. The smallest absolute Gasteiger partial charge is 0.259 e. The molecule has 0 radical (unpaired) electrons. The predicted molar refractivity (Wildman–Crippen MR) is 68.1 cm³/mol. The van der Waals surface area contributed by atoms with Crippen LogP contribution in [0.15, 0.2) is 24.3 Å². The number of likely N-dealkylation sites (N-methyl/N-ethyl adjacent to an activating group) is 1. The number of ether oxygens (including phenoxy) is 1. The van der Waals surface area contributed by atoms with E-state index in [1.165, 1.54) is 10.5 Å². The zero-order valence-electron chi connectivity index (χ0n) is 10.9. The molecule has 4 heteroatoms. The quantitative estimate of drug-likeness (QED) is 0.841. The van der Waals surface area contributed by atoms with Crippen LogP contribution in [0.1, 0.15) is 18.5 Å². The number of nitrogens with one attached hydrogen (secondary N) is 1. The second-order valence-electron chi connectivity index (χ2n) is 4.16. The van der Waals surface area contributed by atoms with E-state index >= 15 is 0 Å². The topological polar surface area (TPSA) is 41.6 Å². The van der Waals surface area contributed by atoms with Crippen LogP contribution in [0.25, 0.3) is 0 Å². The molecular formula is C13H20N2O2. The molecule has 0 fully saturated rings. The van der Waals surface area contributed by atoms with Crippen LogP contribution in [-0.4, -0.2) is 38.6 Å². The fourth-order valence-electron chi connectivity index (χ4n) is 1.29. The van der Waals surface area contributed by atoms with Gasteiger partial charge in [0.2, 0.25) is 0 Å². The second-order valence-corrected chi connectivity index (χ2v) is 4.16. The summed E-state index contributed by atoms with van der Waals surface area (Å²) in [6, 6.07) is 8.07. The summed E-state index contributed by atoms with van der Waals surface area (Å²) < 4.78 is 5.39. The van der Waals surface area contributed by atoms with Crippen LogP contribution in [-0.2, 0) is 4.79 Å². The van der Waals surface area contributed by atoms with E-state index < -0.39 is 0 Å². The summed E-state index contributed by atoms with van der Waals surface area (Å²) in [6.45, 7) is 2.17. The van der Waals surface area contributed by atoms with Crippen LogP contribution in [0, 0.1) is 0 Å². The van der Waals surface area contributed by atoms with E-state index in [0.717, 1.165) is 0 Å². The minimum atomic E-state index is -0.0438. The Bertz CT molecular complexity index is 360. The molecule has 4 nitrogen and oxygen atoms in total. The van der Waals surface area contributed by atoms with E-state index in [1.807, 2.05) is 31.3 Å². The van der Waals surface area contributed by atoms with Gasteiger partial charge >= 0.3 is 0 Å². The van der Waals surface area contributed by atoms with Gasteiger partial charge in [0.05, 0.1) is 0 Å². The number of carbonyl (C=O) groups excluding carboxylic acids is 1. The second kappa shape index (κ2) is 6.25. The number of rotatable bonds is 5. The maximum Gasteiger partial charge on any atom is 0.259 e. The Morgan fingerprint density at radius 2 is 1.94 bits per heavy atom. The van der Waals surface area contributed by atoms with Gasteiger partial charge in [0.1, 0.15) is 5.75 Å². The molecule has 0 saturated carbocycles. The lowest BCUT2D eigenvalue weighted by molar-refractivity contribution is -0.130. The van der Waals surface area contributed by atoms with Gasteiger partial charge in [-0.25, -0.2) is 0 Å². The zero-order chi connectivity index (χ0) is 12.8. The van der Waals surface area contributed by atoms with E-state index in [0.29, 0.717) is 11.8 Å². The van der Waals surface area contributed by atoms with Crippen molar-refractivity contribution in [2.24, 2.45) is 0 Å². The van der Waals surface area contributed by atoms with Crippen molar-refractivity contribution in [3.63, 3.8) is 0 Å². The van der Waals surface area contributed by atoms with Crippen molar-refractivity contribution in [2.75, 3.05) is 27.7 Å². The lowest BCUT2D eigenvalue weighted by Crippen LogP contribution is -2.27. The summed E-state index contributed by atoms with van der Waals surface area (Å²) in [5.41, 5.74) is 1.19. The van der Waals surface area contributed by atoms with Crippen molar-refractivity contribution in [3.05, 3.63) is 29.8 Å². The van der Waals surface area contributed by atoms with Gasteiger partial charge < -0.3 is 15.0 Å². The third-order valence-corrected chi connectivity index (χ3v) is 2.67. The van der Waals surface area contributed by atoms with Gasteiger partial charge in [-0.15, -0.1) is 0 Å². The SMILES string of the molecule is CNC(C)c1ccc(OCC(=O)N(C)C)cc1. The van der Waals surface area contributed by atoms with Gasteiger partial charge in [-0.05, 0) is 31.7 Å². The normalized spacial score (nSPS) is 12.0. The summed E-state index contributed by atoms with van der Waals surface area (Å²) in [6.07, 6.45) is 0. The van der Waals surface area contributed by atoms with Crippen LogP contribution in [0.3, 0.4) is 0 Å². The van der Waals surface area contributed by atoms with Crippen molar-refractivity contribution in [1.82, 2.24) is 10.2 Å².